The third kappa shape index (κ3) is 7.89. The number of nitrogens with one attached hydrogen (secondary N) is 1. The van der Waals surface area contributed by atoms with Crippen LogP contribution in [0.2, 0.25) is 0 Å². The van der Waals surface area contributed by atoms with Crippen molar-refractivity contribution in [2.24, 2.45) is 4.99 Å². The van der Waals surface area contributed by atoms with Gasteiger partial charge in [0.25, 0.3) is 0 Å². The highest BCUT2D eigenvalue weighted by Crippen LogP contribution is 2.11. The molecule has 1 N–H and O–H groups in total. The lowest BCUT2D eigenvalue weighted by atomic mass is 10.2. The largest absolute Gasteiger partial charge is 0.492 e. The molecule has 6 heteroatoms. The van der Waals surface area contributed by atoms with E-state index in [1.54, 1.807) is 0 Å². The van der Waals surface area contributed by atoms with E-state index in [9.17, 15) is 4.79 Å². The number of hydrogen-bond donors (Lipinski definition) is 1. The Bertz CT molecular complexity index is 577. The van der Waals surface area contributed by atoms with E-state index in [4.69, 9.17) is 9.73 Å². The molecule has 6 nitrogen and oxygen atoms in total. The molecule has 0 aromatic heterocycles. The third-order valence-electron chi connectivity index (χ3n) is 4.65. The molecule has 1 aliphatic rings. The Morgan fingerprint density at radius 1 is 1.26 bits per heavy atom. The van der Waals surface area contributed by atoms with Gasteiger partial charge >= 0.3 is 0 Å². The van der Waals surface area contributed by atoms with E-state index in [0.717, 1.165) is 63.7 Å². The van der Waals surface area contributed by atoms with E-state index < -0.39 is 0 Å². The van der Waals surface area contributed by atoms with Gasteiger partial charge in [0.1, 0.15) is 12.4 Å². The second kappa shape index (κ2) is 12.2. The Morgan fingerprint density at radius 2 is 2.07 bits per heavy atom. The molecule has 1 heterocycles. The lowest BCUT2D eigenvalue weighted by Crippen LogP contribution is -2.41. The molecule has 1 aromatic carbocycles. The summed E-state index contributed by atoms with van der Waals surface area (Å²) in [6, 6.07) is 9.85. The standard InChI is InChI=1S/C21H34N4O2/c1-3-22-21(24(2)17-18-27-19-11-6-4-7-12-19)23-14-10-16-25-15-9-5-8-13-20(25)26/h4,6-7,11-12H,3,5,8-10,13-18H2,1-2H3,(H,22,23). The summed E-state index contributed by atoms with van der Waals surface area (Å²) in [7, 11) is 2.02. The van der Waals surface area contributed by atoms with Crippen molar-refractivity contribution in [3.05, 3.63) is 30.3 Å². The molecular weight excluding hydrogens is 340 g/mol. The topological polar surface area (TPSA) is 57.2 Å². The molecule has 0 atom stereocenters. The van der Waals surface area contributed by atoms with Crippen LogP contribution in [0.1, 0.15) is 39.0 Å². The minimum absolute atomic E-state index is 0.304. The van der Waals surface area contributed by atoms with Gasteiger partial charge in [-0.2, -0.15) is 0 Å². The smallest absolute Gasteiger partial charge is 0.222 e. The maximum absolute atomic E-state index is 12.0. The van der Waals surface area contributed by atoms with Gasteiger partial charge in [-0.05, 0) is 38.3 Å². The molecule has 0 radical (unpaired) electrons. The second-order valence-corrected chi connectivity index (χ2v) is 6.86. The molecule has 0 aliphatic carbocycles. The average molecular weight is 375 g/mol. The van der Waals surface area contributed by atoms with Gasteiger partial charge in [0.2, 0.25) is 5.91 Å². The maximum Gasteiger partial charge on any atom is 0.222 e. The van der Waals surface area contributed by atoms with E-state index >= 15 is 0 Å². The molecule has 1 saturated heterocycles. The lowest BCUT2D eigenvalue weighted by Gasteiger charge is -2.23. The second-order valence-electron chi connectivity index (χ2n) is 6.86. The van der Waals surface area contributed by atoms with Crippen molar-refractivity contribution < 1.29 is 9.53 Å². The Morgan fingerprint density at radius 3 is 2.85 bits per heavy atom. The minimum atomic E-state index is 0.304. The highest BCUT2D eigenvalue weighted by Gasteiger charge is 2.15. The van der Waals surface area contributed by atoms with E-state index in [0.29, 0.717) is 18.9 Å². The zero-order chi connectivity index (χ0) is 19.3. The summed E-state index contributed by atoms with van der Waals surface area (Å²) < 4.78 is 5.76. The van der Waals surface area contributed by atoms with Crippen molar-refractivity contribution in [2.45, 2.75) is 39.0 Å². The van der Waals surface area contributed by atoms with Gasteiger partial charge in [0, 0.05) is 39.6 Å². The number of carbonyl (C=O) groups excluding carboxylic acids is 1. The molecule has 1 aliphatic heterocycles. The molecule has 0 bridgehead atoms. The number of benzene rings is 1. The van der Waals surface area contributed by atoms with Crippen molar-refractivity contribution in [1.82, 2.24) is 15.1 Å². The summed E-state index contributed by atoms with van der Waals surface area (Å²) in [6.45, 7) is 6.68. The van der Waals surface area contributed by atoms with Gasteiger partial charge in [-0.1, -0.05) is 24.6 Å². The number of nitrogens with zero attached hydrogens (tertiary/aromatic N) is 3. The summed E-state index contributed by atoms with van der Waals surface area (Å²) in [5.41, 5.74) is 0. The van der Waals surface area contributed by atoms with Crippen LogP contribution in [0.3, 0.4) is 0 Å². The first-order valence-electron chi connectivity index (χ1n) is 10.2. The number of likely N-dealkylation sites (tertiary alicyclic amines) is 1. The van der Waals surface area contributed by atoms with Crippen LogP contribution < -0.4 is 10.1 Å². The summed E-state index contributed by atoms with van der Waals surface area (Å²) in [5.74, 6) is 2.07. The SMILES string of the molecule is CCNC(=NCCCN1CCCCCC1=O)N(C)CCOc1ccccc1. The van der Waals surface area contributed by atoms with Crippen molar-refractivity contribution in [3.63, 3.8) is 0 Å². The Balaban J connectivity index is 1.73. The fourth-order valence-electron chi connectivity index (χ4n) is 3.11. The molecule has 1 aromatic rings. The van der Waals surface area contributed by atoms with E-state index in [1.165, 1.54) is 6.42 Å². The predicted octanol–water partition coefficient (Wildman–Crippen LogP) is 2.76. The monoisotopic (exact) mass is 374 g/mol. The number of likely N-dealkylation sites (N-methyl/N-ethyl adjacent to an activating group) is 1. The highest BCUT2D eigenvalue weighted by atomic mass is 16.5. The quantitative estimate of drug-likeness (QED) is 0.410. The number of hydrogen-bond acceptors (Lipinski definition) is 3. The number of carbonyl (C=O) groups is 1. The molecule has 1 fully saturated rings. The van der Waals surface area contributed by atoms with E-state index in [2.05, 4.69) is 17.1 Å². The number of rotatable bonds is 9. The van der Waals surface area contributed by atoms with Crippen molar-refractivity contribution in [3.8, 4) is 5.75 Å². The average Bonchev–Trinajstić information content (AvgIpc) is 2.89. The van der Waals surface area contributed by atoms with Crippen LogP contribution in [-0.2, 0) is 4.79 Å². The molecule has 1 amide bonds. The molecule has 2 rings (SSSR count). The van der Waals surface area contributed by atoms with Gasteiger partial charge in [-0.3, -0.25) is 9.79 Å². The summed E-state index contributed by atoms with van der Waals surface area (Å²) in [6.07, 6.45) is 4.93. The third-order valence-corrected chi connectivity index (χ3v) is 4.65. The molecule has 150 valence electrons. The summed E-state index contributed by atoms with van der Waals surface area (Å²) in [4.78, 5) is 20.8. The Labute approximate surface area is 163 Å². The number of guanidine groups is 1. The molecule has 0 spiro atoms. The molecular formula is C21H34N4O2. The van der Waals surface area contributed by atoms with Crippen LogP contribution in [0.4, 0.5) is 0 Å². The van der Waals surface area contributed by atoms with Gasteiger partial charge in [-0.15, -0.1) is 0 Å². The van der Waals surface area contributed by atoms with Gasteiger partial charge in [0.15, 0.2) is 5.96 Å². The highest BCUT2D eigenvalue weighted by molar-refractivity contribution is 5.79. The Hall–Kier alpha value is -2.24. The Kier molecular flexibility index (Phi) is 9.52. The first-order chi connectivity index (χ1) is 13.2. The van der Waals surface area contributed by atoms with Crippen molar-refractivity contribution in [2.75, 3.05) is 46.4 Å². The molecule has 0 saturated carbocycles. The maximum atomic E-state index is 12.0. The van der Waals surface area contributed by atoms with Crippen LogP contribution in [-0.4, -0.2) is 68.0 Å². The predicted molar refractivity (Wildman–Crippen MR) is 110 cm³/mol. The summed E-state index contributed by atoms with van der Waals surface area (Å²) in [5, 5.41) is 3.33. The van der Waals surface area contributed by atoms with Gasteiger partial charge in [-0.25, -0.2) is 0 Å². The fourth-order valence-corrected chi connectivity index (χ4v) is 3.11. The van der Waals surface area contributed by atoms with E-state index in [1.807, 2.05) is 42.3 Å². The first-order valence-corrected chi connectivity index (χ1v) is 10.2. The van der Waals surface area contributed by atoms with Crippen LogP contribution in [0.15, 0.2) is 35.3 Å². The van der Waals surface area contributed by atoms with Gasteiger partial charge in [0.05, 0.1) is 6.54 Å². The number of para-hydroxylation sites is 1. The van der Waals surface area contributed by atoms with Crippen molar-refractivity contribution >= 4 is 11.9 Å². The number of ether oxygens (including phenoxy) is 1. The zero-order valence-corrected chi connectivity index (χ0v) is 16.8. The van der Waals surface area contributed by atoms with Crippen LogP contribution in [0, 0.1) is 0 Å². The lowest BCUT2D eigenvalue weighted by molar-refractivity contribution is -0.130. The summed E-state index contributed by atoms with van der Waals surface area (Å²) >= 11 is 0. The molecule has 27 heavy (non-hydrogen) atoms. The minimum Gasteiger partial charge on any atom is -0.492 e. The van der Waals surface area contributed by atoms with Crippen molar-refractivity contribution in [1.29, 1.82) is 0 Å². The normalized spacial score (nSPS) is 15.4. The van der Waals surface area contributed by atoms with E-state index in [-0.39, 0.29) is 0 Å². The number of aliphatic imine (C=N–C) groups is 1. The fraction of sp³-hybridized carbons (Fsp3) is 0.619. The first kappa shape index (κ1) is 21.1. The molecule has 0 unspecified atom stereocenters. The van der Waals surface area contributed by atoms with Crippen LogP contribution >= 0.6 is 0 Å². The van der Waals surface area contributed by atoms with Crippen LogP contribution in [0.5, 0.6) is 5.75 Å². The number of amides is 1. The van der Waals surface area contributed by atoms with Gasteiger partial charge < -0.3 is 19.9 Å². The zero-order valence-electron chi connectivity index (χ0n) is 16.8. The van der Waals surface area contributed by atoms with Crippen LogP contribution in [0.25, 0.3) is 0 Å².